The van der Waals surface area contributed by atoms with Crippen molar-refractivity contribution < 1.29 is 9.90 Å². The zero-order chi connectivity index (χ0) is 12.8. The maximum absolute atomic E-state index is 10.6. The Bertz CT molecular complexity index is 405. The Labute approximate surface area is 106 Å². The summed E-state index contributed by atoms with van der Waals surface area (Å²) in [6, 6.07) is 1.63. The fourth-order valence-corrected chi connectivity index (χ4v) is 2.06. The summed E-state index contributed by atoms with van der Waals surface area (Å²) in [5.74, 6) is 0.281. The van der Waals surface area contributed by atoms with Crippen LogP contribution in [0.25, 0.3) is 0 Å². The highest BCUT2D eigenvalue weighted by atomic mass is 16.4. The summed E-state index contributed by atoms with van der Waals surface area (Å²) < 4.78 is 0. The molecule has 98 valence electrons. The normalized spacial score (nSPS) is 16.4. The number of nitrogens with one attached hydrogen (secondary N) is 2. The molecule has 6 nitrogen and oxygen atoms in total. The number of carboxylic acids is 1. The van der Waals surface area contributed by atoms with E-state index in [-0.39, 0.29) is 6.42 Å². The molecule has 0 aromatic carbocycles. The summed E-state index contributed by atoms with van der Waals surface area (Å²) in [7, 11) is 0. The molecule has 6 heteroatoms. The first kappa shape index (κ1) is 12.8. The largest absolute Gasteiger partial charge is 0.481 e. The molecule has 1 aliphatic rings. The molecule has 0 unspecified atom stereocenters. The second-order valence-electron chi connectivity index (χ2n) is 4.52. The lowest BCUT2D eigenvalue weighted by Crippen LogP contribution is -2.31. The number of rotatable bonds is 5. The van der Waals surface area contributed by atoms with E-state index in [1.165, 1.54) is 0 Å². The highest BCUT2D eigenvalue weighted by Gasteiger charge is 2.13. The number of carboxylic acid groups (broad SMARTS) is 1. The van der Waals surface area contributed by atoms with Crippen LogP contribution in [-0.2, 0) is 11.2 Å². The van der Waals surface area contributed by atoms with Crippen LogP contribution in [0.3, 0.4) is 0 Å². The molecule has 0 saturated carbocycles. The standard InChI is InChI=1S/C12H18N4O2/c17-11(18)7-10-3-6-14-12(16-10)15-8-9-1-4-13-5-2-9/h3,6,9,13H,1-2,4-5,7-8H2,(H,17,18)(H,14,15,16). The van der Waals surface area contributed by atoms with Gasteiger partial charge in [0.15, 0.2) is 0 Å². The molecule has 0 bridgehead atoms. The van der Waals surface area contributed by atoms with E-state index in [1.54, 1.807) is 12.3 Å². The van der Waals surface area contributed by atoms with Crippen LogP contribution in [-0.4, -0.2) is 40.7 Å². The van der Waals surface area contributed by atoms with E-state index in [1.807, 2.05) is 0 Å². The Hall–Kier alpha value is -1.69. The van der Waals surface area contributed by atoms with Gasteiger partial charge in [0.2, 0.25) is 5.95 Å². The van der Waals surface area contributed by atoms with Gasteiger partial charge in [-0.1, -0.05) is 0 Å². The van der Waals surface area contributed by atoms with Gasteiger partial charge in [0.1, 0.15) is 0 Å². The number of aliphatic carboxylic acids is 1. The molecule has 1 fully saturated rings. The maximum atomic E-state index is 10.6. The van der Waals surface area contributed by atoms with Crippen molar-refractivity contribution in [3.63, 3.8) is 0 Å². The predicted molar refractivity (Wildman–Crippen MR) is 67.5 cm³/mol. The van der Waals surface area contributed by atoms with Gasteiger partial charge in [-0.2, -0.15) is 0 Å². The summed E-state index contributed by atoms with van der Waals surface area (Å²) in [6.45, 7) is 2.97. The monoisotopic (exact) mass is 250 g/mol. The predicted octanol–water partition coefficient (Wildman–Crippen LogP) is 0.515. The number of nitrogens with zero attached hydrogens (tertiary/aromatic N) is 2. The quantitative estimate of drug-likeness (QED) is 0.706. The number of anilines is 1. The molecule has 18 heavy (non-hydrogen) atoms. The third-order valence-corrected chi connectivity index (χ3v) is 3.05. The smallest absolute Gasteiger partial charge is 0.309 e. The van der Waals surface area contributed by atoms with Crippen LogP contribution >= 0.6 is 0 Å². The van der Waals surface area contributed by atoms with Crippen molar-refractivity contribution in [2.24, 2.45) is 5.92 Å². The summed E-state index contributed by atoms with van der Waals surface area (Å²) in [6.07, 6.45) is 3.84. The summed E-state index contributed by atoms with van der Waals surface area (Å²) >= 11 is 0. The summed E-state index contributed by atoms with van der Waals surface area (Å²) in [4.78, 5) is 18.9. The van der Waals surface area contributed by atoms with Crippen molar-refractivity contribution in [2.75, 3.05) is 25.0 Å². The topological polar surface area (TPSA) is 87.1 Å². The third kappa shape index (κ3) is 3.96. The summed E-state index contributed by atoms with van der Waals surface area (Å²) in [5, 5.41) is 15.2. The zero-order valence-electron chi connectivity index (χ0n) is 10.2. The van der Waals surface area contributed by atoms with Crippen LogP contribution < -0.4 is 10.6 Å². The van der Waals surface area contributed by atoms with Crippen LogP contribution in [0.15, 0.2) is 12.3 Å². The molecule has 1 aromatic rings. The molecule has 1 aliphatic heterocycles. The second-order valence-corrected chi connectivity index (χ2v) is 4.52. The molecular formula is C12H18N4O2. The van der Waals surface area contributed by atoms with Crippen molar-refractivity contribution in [3.05, 3.63) is 18.0 Å². The second kappa shape index (κ2) is 6.30. The number of piperidine rings is 1. The Morgan fingerprint density at radius 2 is 2.28 bits per heavy atom. The van der Waals surface area contributed by atoms with E-state index in [9.17, 15) is 4.79 Å². The Morgan fingerprint density at radius 3 is 3.00 bits per heavy atom. The zero-order valence-corrected chi connectivity index (χ0v) is 10.2. The lowest BCUT2D eigenvalue weighted by Gasteiger charge is -2.22. The van der Waals surface area contributed by atoms with E-state index >= 15 is 0 Å². The molecular weight excluding hydrogens is 232 g/mol. The van der Waals surface area contributed by atoms with E-state index in [0.717, 1.165) is 32.5 Å². The lowest BCUT2D eigenvalue weighted by atomic mass is 9.98. The van der Waals surface area contributed by atoms with Gasteiger partial charge >= 0.3 is 5.97 Å². The Balaban J connectivity index is 1.86. The highest BCUT2D eigenvalue weighted by Crippen LogP contribution is 2.12. The van der Waals surface area contributed by atoms with Gasteiger partial charge in [-0.25, -0.2) is 9.97 Å². The molecule has 0 radical (unpaired) electrons. The summed E-state index contributed by atoms with van der Waals surface area (Å²) in [5.41, 5.74) is 0.533. The van der Waals surface area contributed by atoms with Crippen LogP contribution in [0.1, 0.15) is 18.5 Å². The van der Waals surface area contributed by atoms with Gasteiger partial charge < -0.3 is 15.7 Å². The molecule has 2 rings (SSSR count). The molecule has 0 spiro atoms. The molecule has 0 atom stereocenters. The first-order chi connectivity index (χ1) is 8.74. The van der Waals surface area contributed by atoms with Gasteiger partial charge in [0.25, 0.3) is 0 Å². The SMILES string of the molecule is O=C(O)Cc1ccnc(NCC2CCNCC2)n1. The minimum absolute atomic E-state index is 0.0649. The van der Waals surface area contributed by atoms with E-state index in [2.05, 4.69) is 20.6 Å². The van der Waals surface area contributed by atoms with Crippen LogP contribution in [0.2, 0.25) is 0 Å². The minimum atomic E-state index is -0.877. The van der Waals surface area contributed by atoms with Crippen molar-refractivity contribution in [1.82, 2.24) is 15.3 Å². The van der Waals surface area contributed by atoms with Gasteiger partial charge in [0, 0.05) is 12.7 Å². The number of hydrogen-bond acceptors (Lipinski definition) is 5. The number of carbonyl (C=O) groups is 1. The Morgan fingerprint density at radius 1 is 1.50 bits per heavy atom. The Kier molecular flexibility index (Phi) is 4.46. The fraction of sp³-hybridized carbons (Fsp3) is 0.583. The van der Waals surface area contributed by atoms with Gasteiger partial charge in [-0.15, -0.1) is 0 Å². The first-order valence-corrected chi connectivity index (χ1v) is 6.22. The highest BCUT2D eigenvalue weighted by molar-refractivity contribution is 5.69. The molecule has 0 aliphatic carbocycles. The van der Waals surface area contributed by atoms with Crippen molar-refractivity contribution in [1.29, 1.82) is 0 Å². The van der Waals surface area contributed by atoms with Gasteiger partial charge in [0.05, 0.1) is 12.1 Å². The van der Waals surface area contributed by atoms with Crippen molar-refractivity contribution >= 4 is 11.9 Å². The number of hydrogen-bond donors (Lipinski definition) is 3. The fourth-order valence-electron chi connectivity index (χ4n) is 2.06. The van der Waals surface area contributed by atoms with Crippen LogP contribution in [0.4, 0.5) is 5.95 Å². The lowest BCUT2D eigenvalue weighted by molar-refractivity contribution is -0.136. The van der Waals surface area contributed by atoms with Gasteiger partial charge in [-0.05, 0) is 37.9 Å². The molecule has 2 heterocycles. The average Bonchev–Trinajstić information content (AvgIpc) is 2.37. The number of aromatic nitrogens is 2. The van der Waals surface area contributed by atoms with Crippen molar-refractivity contribution in [2.45, 2.75) is 19.3 Å². The maximum Gasteiger partial charge on any atom is 0.309 e. The molecule has 0 amide bonds. The van der Waals surface area contributed by atoms with E-state index < -0.39 is 5.97 Å². The van der Waals surface area contributed by atoms with Crippen LogP contribution in [0, 0.1) is 5.92 Å². The van der Waals surface area contributed by atoms with Crippen LogP contribution in [0.5, 0.6) is 0 Å². The minimum Gasteiger partial charge on any atom is -0.481 e. The third-order valence-electron chi connectivity index (χ3n) is 3.05. The van der Waals surface area contributed by atoms with Crippen molar-refractivity contribution in [3.8, 4) is 0 Å². The first-order valence-electron chi connectivity index (χ1n) is 6.22. The molecule has 3 N–H and O–H groups in total. The van der Waals surface area contributed by atoms with E-state index in [4.69, 9.17) is 5.11 Å². The van der Waals surface area contributed by atoms with E-state index in [0.29, 0.717) is 17.6 Å². The molecule has 1 aromatic heterocycles. The average molecular weight is 250 g/mol. The molecule has 1 saturated heterocycles. The van der Waals surface area contributed by atoms with Gasteiger partial charge in [-0.3, -0.25) is 4.79 Å².